The largest absolute Gasteiger partial charge is 0.504 e. The molecule has 1 aromatic carbocycles. The molecule has 3 aliphatic rings. The van der Waals surface area contributed by atoms with E-state index in [2.05, 4.69) is 12.2 Å². The van der Waals surface area contributed by atoms with Crippen LogP contribution in [0.5, 0.6) is 11.5 Å². The number of benzene rings is 1. The molecular formula is C21H28N2O4. The molecule has 1 atom stereocenters. The van der Waals surface area contributed by atoms with E-state index in [-0.39, 0.29) is 34.3 Å². The first kappa shape index (κ1) is 18.1. The maximum absolute atomic E-state index is 12.7. The highest BCUT2D eigenvalue weighted by Gasteiger charge is 2.56. The van der Waals surface area contributed by atoms with Crippen LogP contribution in [0.15, 0.2) is 18.2 Å². The van der Waals surface area contributed by atoms with Crippen LogP contribution in [0.4, 0.5) is 0 Å². The lowest BCUT2D eigenvalue weighted by atomic mass is 9.67. The Labute approximate surface area is 159 Å². The quantitative estimate of drug-likeness (QED) is 0.852. The minimum absolute atomic E-state index is 0.0176. The highest BCUT2D eigenvalue weighted by molar-refractivity contribution is 5.95. The van der Waals surface area contributed by atoms with Crippen LogP contribution >= 0.6 is 0 Å². The Hall–Kier alpha value is -2.24. The van der Waals surface area contributed by atoms with Crippen LogP contribution in [0.2, 0.25) is 0 Å². The van der Waals surface area contributed by atoms with Gasteiger partial charge in [0.25, 0.3) is 5.91 Å². The summed E-state index contributed by atoms with van der Waals surface area (Å²) in [5.41, 5.74) is 0.342. The van der Waals surface area contributed by atoms with E-state index in [1.807, 2.05) is 4.90 Å². The number of likely N-dealkylation sites (tertiary alicyclic amines) is 1. The summed E-state index contributed by atoms with van der Waals surface area (Å²) < 4.78 is 5.09. The zero-order valence-corrected chi connectivity index (χ0v) is 16.1. The van der Waals surface area contributed by atoms with E-state index in [1.54, 1.807) is 12.1 Å². The van der Waals surface area contributed by atoms with E-state index in [0.29, 0.717) is 11.5 Å². The summed E-state index contributed by atoms with van der Waals surface area (Å²) in [7, 11) is 1.46. The van der Waals surface area contributed by atoms with Crippen LogP contribution in [0.25, 0.3) is 0 Å². The Morgan fingerprint density at radius 2 is 1.96 bits per heavy atom. The van der Waals surface area contributed by atoms with Crippen molar-refractivity contribution in [3.05, 3.63) is 23.8 Å². The molecule has 2 N–H and O–H groups in total. The van der Waals surface area contributed by atoms with E-state index >= 15 is 0 Å². The van der Waals surface area contributed by atoms with Gasteiger partial charge in [0, 0.05) is 35.5 Å². The standard InChI is InChI=1S/C21H28N2O4/c1-20(8-4-9-20)19(26)23-12-21(13-23)10-3-5-17(21)22-18(25)14-6-7-15(24)16(11-14)27-2/h6-7,11,17,24H,3-5,8-10,12-13H2,1-2H3,(H,22,25). The van der Waals surface area contributed by atoms with Gasteiger partial charge in [-0.05, 0) is 43.9 Å². The maximum Gasteiger partial charge on any atom is 0.251 e. The van der Waals surface area contributed by atoms with Gasteiger partial charge in [-0.2, -0.15) is 0 Å². The molecule has 1 heterocycles. The fourth-order valence-electron chi connectivity index (χ4n) is 4.96. The smallest absolute Gasteiger partial charge is 0.251 e. The number of phenols is 1. The Kier molecular flexibility index (Phi) is 4.32. The summed E-state index contributed by atoms with van der Waals surface area (Å²) in [5.74, 6) is 0.442. The van der Waals surface area contributed by atoms with Gasteiger partial charge in [0.15, 0.2) is 11.5 Å². The number of amides is 2. The zero-order valence-electron chi connectivity index (χ0n) is 16.1. The average Bonchev–Trinajstić information content (AvgIpc) is 3.01. The van der Waals surface area contributed by atoms with Crippen molar-refractivity contribution in [3.8, 4) is 11.5 Å². The Morgan fingerprint density at radius 1 is 1.22 bits per heavy atom. The van der Waals surface area contributed by atoms with Gasteiger partial charge < -0.3 is 20.1 Å². The number of aromatic hydroxyl groups is 1. The van der Waals surface area contributed by atoms with Crippen molar-refractivity contribution >= 4 is 11.8 Å². The molecular weight excluding hydrogens is 344 g/mol. The first-order valence-electron chi connectivity index (χ1n) is 9.84. The second-order valence-corrected chi connectivity index (χ2v) is 8.74. The number of hydrogen-bond acceptors (Lipinski definition) is 4. The molecule has 2 aliphatic carbocycles. The van der Waals surface area contributed by atoms with Gasteiger partial charge in [-0.1, -0.05) is 19.8 Å². The molecule has 3 fully saturated rings. The highest BCUT2D eigenvalue weighted by atomic mass is 16.5. The Morgan fingerprint density at radius 3 is 2.59 bits per heavy atom. The van der Waals surface area contributed by atoms with Crippen molar-refractivity contribution in [3.63, 3.8) is 0 Å². The number of nitrogens with one attached hydrogen (secondary N) is 1. The molecule has 27 heavy (non-hydrogen) atoms. The molecule has 1 spiro atoms. The molecule has 6 nitrogen and oxygen atoms in total. The van der Waals surface area contributed by atoms with Gasteiger partial charge in [-0.15, -0.1) is 0 Å². The van der Waals surface area contributed by atoms with Crippen molar-refractivity contribution in [2.45, 2.75) is 51.5 Å². The number of nitrogens with zero attached hydrogens (tertiary/aromatic N) is 1. The lowest BCUT2D eigenvalue weighted by Crippen LogP contribution is -2.67. The summed E-state index contributed by atoms with van der Waals surface area (Å²) in [6.07, 6.45) is 6.22. The van der Waals surface area contributed by atoms with Gasteiger partial charge in [-0.3, -0.25) is 9.59 Å². The fraction of sp³-hybridized carbons (Fsp3) is 0.619. The normalized spacial score (nSPS) is 24.8. The van der Waals surface area contributed by atoms with E-state index in [1.165, 1.54) is 13.2 Å². The zero-order chi connectivity index (χ0) is 19.2. The van der Waals surface area contributed by atoms with E-state index in [0.717, 1.165) is 51.6 Å². The first-order chi connectivity index (χ1) is 12.9. The molecule has 0 bridgehead atoms. The summed E-state index contributed by atoms with van der Waals surface area (Å²) in [6, 6.07) is 4.72. The predicted molar refractivity (Wildman–Crippen MR) is 101 cm³/mol. The molecule has 2 amide bonds. The van der Waals surface area contributed by atoms with Gasteiger partial charge in [0.1, 0.15) is 0 Å². The van der Waals surface area contributed by atoms with Gasteiger partial charge in [0.05, 0.1) is 7.11 Å². The van der Waals surface area contributed by atoms with Crippen LogP contribution in [-0.4, -0.2) is 48.1 Å². The number of hydrogen-bond donors (Lipinski definition) is 2. The van der Waals surface area contributed by atoms with Gasteiger partial charge in [-0.25, -0.2) is 0 Å². The molecule has 0 radical (unpaired) electrons. The molecule has 1 aliphatic heterocycles. The number of methoxy groups -OCH3 is 1. The minimum Gasteiger partial charge on any atom is -0.504 e. The Bertz CT molecular complexity index is 765. The summed E-state index contributed by atoms with van der Waals surface area (Å²) in [4.78, 5) is 27.4. The molecule has 1 unspecified atom stereocenters. The van der Waals surface area contributed by atoms with Crippen molar-refractivity contribution in [2.24, 2.45) is 10.8 Å². The molecule has 0 aromatic heterocycles. The molecule has 146 valence electrons. The number of phenolic OH excluding ortho intramolecular Hbond substituents is 1. The van der Waals surface area contributed by atoms with Crippen LogP contribution < -0.4 is 10.1 Å². The molecule has 2 saturated carbocycles. The minimum atomic E-state index is -0.157. The lowest BCUT2D eigenvalue weighted by Gasteiger charge is -2.54. The summed E-state index contributed by atoms with van der Waals surface area (Å²) in [5, 5.41) is 12.9. The van der Waals surface area contributed by atoms with Crippen molar-refractivity contribution in [1.29, 1.82) is 0 Å². The van der Waals surface area contributed by atoms with Crippen molar-refractivity contribution < 1.29 is 19.4 Å². The monoisotopic (exact) mass is 372 g/mol. The van der Waals surface area contributed by atoms with Crippen molar-refractivity contribution in [2.75, 3.05) is 20.2 Å². The number of ether oxygens (including phenoxy) is 1. The summed E-state index contributed by atoms with van der Waals surface area (Å²) in [6.45, 7) is 3.59. The Balaban J connectivity index is 1.41. The third-order valence-electron chi connectivity index (χ3n) is 6.93. The van der Waals surface area contributed by atoms with E-state index in [9.17, 15) is 14.7 Å². The van der Waals surface area contributed by atoms with E-state index < -0.39 is 0 Å². The van der Waals surface area contributed by atoms with Crippen LogP contribution in [0, 0.1) is 10.8 Å². The second-order valence-electron chi connectivity index (χ2n) is 8.74. The van der Waals surface area contributed by atoms with Crippen molar-refractivity contribution in [1.82, 2.24) is 10.2 Å². The molecule has 6 heteroatoms. The number of carbonyl (C=O) groups is 2. The predicted octanol–water partition coefficient (Wildman–Crippen LogP) is 2.70. The third-order valence-corrected chi connectivity index (χ3v) is 6.93. The van der Waals surface area contributed by atoms with Crippen LogP contribution in [0.1, 0.15) is 55.8 Å². The SMILES string of the molecule is COc1cc(C(=O)NC2CCCC23CN(C(=O)C2(C)CCC2)C3)ccc1O. The number of carbonyl (C=O) groups excluding carboxylic acids is 2. The third kappa shape index (κ3) is 2.95. The topological polar surface area (TPSA) is 78.9 Å². The second kappa shape index (κ2) is 6.43. The maximum atomic E-state index is 12.7. The molecule has 4 rings (SSSR count). The van der Waals surface area contributed by atoms with Crippen LogP contribution in [0.3, 0.4) is 0 Å². The molecule has 1 saturated heterocycles. The highest BCUT2D eigenvalue weighted by Crippen LogP contribution is 2.49. The van der Waals surface area contributed by atoms with Gasteiger partial charge >= 0.3 is 0 Å². The van der Waals surface area contributed by atoms with Gasteiger partial charge in [0.2, 0.25) is 5.91 Å². The average molecular weight is 372 g/mol. The lowest BCUT2D eigenvalue weighted by molar-refractivity contribution is -0.159. The van der Waals surface area contributed by atoms with Crippen LogP contribution in [-0.2, 0) is 4.79 Å². The first-order valence-corrected chi connectivity index (χ1v) is 9.84. The molecule has 1 aromatic rings. The van der Waals surface area contributed by atoms with E-state index in [4.69, 9.17) is 4.74 Å². The summed E-state index contributed by atoms with van der Waals surface area (Å²) >= 11 is 0. The fourth-order valence-corrected chi connectivity index (χ4v) is 4.96. The number of rotatable bonds is 4.